The van der Waals surface area contributed by atoms with Crippen molar-refractivity contribution in [1.29, 1.82) is 0 Å². The van der Waals surface area contributed by atoms with Crippen LogP contribution in [0, 0.1) is 3.57 Å². The first-order valence-electron chi connectivity index (χ1n) is 4.91. The van der Waals surface area contributed by atoms with E-state index in [-0.39, 0.29) is 5.54 Å². The predicted molar refractivity (Wildman–Crippen MR) is 72.4 cm³/mol. The van der Waals surface area contributed by atoms with Crippen LogP contribution in [-0.2, 0) is 0 Å². The molecule has 84 valence electrons. The third kappa shape index (κ3) is 3.75. The van der Waals surface area contributed by atoms with E-state index in [9.17, 15) is 0 Å². The Morgan fingerprint density at radius 1 is 1.60 bits per heavy atom. The molecule has 1 heterocycles. The summed E-state index contributed by atoms with van der Waals surface area (Å²) in [6, 6.07) is 0. The van der Waals surface area contributed by atoms with E-state index in [1.165, 1.54) is 0 Å². The van der Waals surface area contributed by atoms with Gasteiger partial charge < -0.3 is 5.32 Å². The lowest BCUT2D eigenvalue weighted by Gasteiger charge is -2.29. The summed E-state index contributed by atoms with van der Waals surface area (Å²) in [4.78, 5) is 8.18. The monoisotopic (exact) mass is 339 g/mol. The summed E-state index contributed by atoms with van der Waals surface area (Å²) in [6.07, 6.45) is 5.29. The quantitative estimate of drug-likeness (QED) is 0.661. The van der Waals surface area contributed by atoms with E-state index in [0.29, 0.717) is 5.88 Å². The molecule has 1 unspecified atom stereocenters. The average Bonchev–Trinajstić information content (AvgIpc) is 2.22. The third-order valence-corrected chi connectivity index (χ3v) is 3.49. The van der Waals surface area contributed by atoms with Crippen LogP contribution >= 0.6 is 34.2 Å². The third-order valence-electron chi connectivity index (χ3n) is 2.51. The Bertz CT molecular complexity index is 321. The molecule has 5 heteroatoms. The summed E-state index contributed by atoms with van der Waals surface area (Å²) in [5.74, 6) is 1.54. The van der Waals surface area contributed by atoms with E-state index in [1.54, 1.807) is 12.5 Å². The number of alkyl halides is 1. The normalized spacial score (nSPS) is 14.7. The molecule has 0 aliphatic carbocycles. The highest BCUT2D eigenvalue weighted by Crippen LogP contribution is 2.23. The van der Waals surface area contributed by atoms with E-state index in [1.807, 2.05) is 0 Å². The molecular formula is C10H15ClIN3. The van der Waals surface area contributed by atoms with Crippen molar-refractivity contribution < 1.29 is 0 Å². The number of aromatic nitrogens is 2. The summed E-state index contributed by atoms with van der Waals surface area (Å²) in [6.45, 7) is 4.31. The van der Waals surface area contributed by atoms with Gasteiger partial charge in [0.25, 0.3) is 0 Å². The molecule has 1 N–H and O–H groups in total. The van der Waals surface area contributed by atoms with E-state index in [2.05, 4.69) is 51.7 Å². The number of nitrogens with one attached hydrogen (secondary N) is 1. The molecule has 0 spiro atoms. The second kappa shape index (κ2) is 5.84. The number of halogens is 2. The van der Waals surface area contributed by atoms with Gasteiger partial charge in [-0.15, -0.1) is 11.6 Å². The molecule has 0 amide bonds. The standard InChI is InChI=1S/C10H15ClIN3/c1-3-10(2,4-5-11)15-9-8(12)6-13-7-14-9/h6-7H,3-5H2,1-2H3,(H,13,14,15). The van der Waals surface area contributed by atoms with E-state index in [0.717, 1.165) is 22.2 Å². The first-order valence-corrected chi connectivity index (χ1v) is 6.52. The van der Waals surface area contributed by atoms with Crippen LogP contribution in [0.2, 0.25) is 0 Å². The lowest BCUT2D eigenvalue weighted by molar-refractivity contribution is 0.479. The van der Waals surface area contributed by atoms with Crippen molar-refractivity contribution in [3.05, 3.63) is 16.1 Å². The number of hydrogen-bond acceptors (Lipinski definition) is 3. The van der Waals surface area contributed by atoms with Crippen LogP contribution in [0.3, 0.4) is 0 Å². The van der Waals surface area contributed by atoms with Crippen molar-refractivity contribution in [3.63, 3.8) is 0 Å². The summed E-state index contributed by atoms with van der Waals surface area (Å²) in [5.41, 5.74) is 0.00995. The molecule has 1 aromatic heterocycles. The van der Waals surface area contributed by atoms with Crippen molar-refractivity contribution in [1.82, 2.24) is 9.97 Å². The highest BCUT2D eigenvalue weighted by Gasteiger charge is 2.22. The molecule has 0 bridgehead atoms. The molecule has 0 saturated heterocycles. The fourth-order valence-electron chi connectivity index (χ4n) is 1.23. The Kier molecular flexibility index (Phi) is 5.05. The largest absolute Gasteiger partial charge is 0.364 e. The molecule has 15 heavy (non-hydrogen) atoms. The topological polar surface area (TPSA) is 37.8 Å². The summed E-state index contributed by atoms with van der Waals surface area (Å²) >= 11 is 8.02. The summed E-state index contributed by atoms with van der Waals surface area (Å²) < 4.78 is 1.03. The molecule has 0 aliphatic heterocycles. The van der Waals surface area contributed by atoms with Gasteiger partial charge in [0.1, 0.15) is 12.1 Å². The lowest BCUT2D eigenvalue weighted by Crippen LogP contribution is -2.35. The van der Waals surface area contributed by atoms with Crippen molar-refractivity contribution >= 4 is 40.0 Å². The van der Waals surface area contributed by atoms with Gasteiger partial charge in [0.2, 0.25) is 0 Å². The zero-order chi connectivity index (χ0) is 11.3. The van der Waals surface area contributed by atoms with Crippen LogP contribution in [-0.4, -0.2) is 21.4 Å². The van der Waals surface area contributed by atoms with Crippen LogP contribution in [0.5, 0.6) is 0 Å². The van der Waals surface area contributed by atoms with E-state index in [4.69, 9.17) is 11.6 Å². The smallest absolute Gasteiger partial charge is 0.143 e. The van der Waals surface area contributed by atoms with Gasteiger partial charge >= 0.3 is 0 Å². The minimum absolute atomic E-state index is 0.00995. The van der Waals surface area contributed by atoms with Crippen LogP contribution in [0.4, 0.5) is 5.82 Å². The number of rotatable bonds is 5. The second-order valence-corrected chi connectivity index (χ2v) is 5.24. The number of hydrogen-bond donors (Lipinski definition) is 1. The maximum atomic E-state index is 5.80. The molecule has 1 rings (SSSR count). The molecule has 1 aromatic rings. The van der Waals surface area contributed by atoms with Gasteiger partial charge in [0.15, 0.2) is 0 Å². The first kappa shape index (κ1) is 13.0. The molecular weight excluding hydrogens is 324 g/mol. The van der Waals surface area contributed by atoms with Gasteiger partial charge in [-0.3, -0.25) is 0 Å². The number of nitrogens with zero attached hydrogens (tertiary/aromatic N) is 2. The van der Waals surface area contributed by atoms with Crippen LogP contribution in [0.15, 0.2) is 12.5 Å². The van der Waals surface area contributed by atoms with Gasteiger partial charge in [0, 0.05) is 17.6 Å². The molecule has 0 radical (unpaired) electrons. The molecule has 0 fully saturated rings. The van der Waals surface area contributed by atoms with Gasteiger partial charge in [-0.1, -0.05) is 6.92 Å². The number of anilines is 1. The highest BCUT2D eigenvalue weighted by atomic mass is 127. The summed E-state index contributed by atoms with van der Waals surface area (Å²) in [5, 5.41) is 3.43. The van der Waals surface area contributed by atoms with Gasteiger partial charge in [-0.2, -0.15) is 0 Å². The fourth-order valence-corrected chi connectivity index (χ4v) is 2.08. The van der Waals surface area contributed by atoms with Gasteiger partial charge in [-0.05, 0) is 42.4 Å². The molecule has 0 aromatic carbocycles. The fraction of sp³-hybridized carbons (Fsp3) is 0.600. The van der Waals surface area contributed by atoms with Crippen molar-refractivity contribution in [2.24, 2.45) is 0 Å². The summed E-state index contributed by atoms with van der Waals surface area (Å²) in [7, 11) is 0. The molecule has 0 saturated carbocycles. The predicted octanol–water partition coefficient (Wildman–Crippen LogP) is 3.29. The molecule has 0 aliphatic rings. The van der Waals surface area contributed by atoms with Crippen LogP contribution in [0.1, 0.15) is 26.7 Å². The van der Waals surface area contributed by atoms with E-state index < -0.39 is 0 Å². The molecule has 3 nitrogen and oxygen atoms in total. The minimum Gasteiger partial charge on any atom is -0.364 e. The maximum absolute atomic E-state index is 5.80. The SMILES string of the molecule is CCC(C)(CCCl)Nc1ncncc1I. The minimum atomic E-state index is 0.00995. The Morgan fingerprint density at radius 3 is 2.87 bits per heavy atom. The van der Waals surface area contributed by atoms with Crippen molar-refractivity contribution in [3.8, 4) is 0 Å². The average molecular weight is 340 g/mol. The Balaban J connectivity index is 2.79. The zero-order valence-electron chi connectivity index (χ0n) is 8.93. The van der Waals surface area contributed by atoms with Crippen LogP contribution < -0.4 is 5.32 Å². The maximum Gasteiger partial charge on any atom is 0.143 e. The van der Waals surface area contributed by atoms with Crippen LogP contribution in [0.25, 0.3) is 0 Å². The highest BCUT2D eigenvalue weighted by molar-refractivity contribution is 14.1. The zero-order valence-corrected chi connectivity index (χ0v) is 11.8. The first-order chi connectivity index (χ1) is 7.11. The van der Waals surface area contributed by atoms with Crippen molar-refractivity contribution in [2.75, 3.05) is 11.2 Å². The van der Waals surface area contributed by atoms with Crippen molar-refractivity contribution in [2.45, 2.75) is 32.2 Å². The lowest BCUT2D eigenvalue weighted by atomic mass is 9.95. The Morgan fingerprint density at radius 2 is 2.33 bits per heavy atom. The van der Waals surface area contributed by atoms with Gasteiger partial charge in [-0.25, -0.2) is 9.97 Å². The Labute approximate surface area is 109 Å². The second-order valence-electron chi connectivity index (χ2n) is 3.70. The van der Waals surface area contributed by atoms with Gasteiger partial charge in [0.05, 0.1) is 3.57 Å². The Hall–Kier alpha value is -0.100. The van der Waals surface area contributed by atoms with E-state index >= 15 is 0 Å². The molecule has 1 atom stereocenters.